The van der Waals surface area contributed by atoms with Gasteiger partial charge in [-0.15, -0.1) is 0 Å². The van der Waals surface area contributed by atoms with Gasteiger partial charge >= 0.3 is 6.09 Å². The summed E-state index contributed by atoms with van der Waals surface area (Å²) in [5.74, 6) is 0.629. The third-order valence-electron chi connectivity index (χ3n) is 7.58. The summed E-state index contributed by atoms with van der Waals surface area (Å²) in [7, 11) is 0. The number of carbonyl (C=O) groups is 2. The molecule has 2 fully saturated rings. The first kappa shape index (κ1) is 30.3. The summed E-state index contributed by atoms with van der Waals surface area (Å²) in [6, 6.07) is 6.33. The zero-order valence-electron chi connectivity index (χ0n) is 24.1. The molecule has 4 N–H and O–H groups in total. The fraction of sp³-hybridized carbons (Fsp3) is 0.700. The van der Waals surface area contributed by atoms with Crippen LogP contribution in [0.1, 0.15) is 90.6 Å². The van der Waals surface area contributed by atoms with E-state index >= 15 is 0 Å². The summed E-state index contributed by atoms with van der Waals surface area (Å²) < 4.78 is 17.2. The number of benzene rings is 1. The fourth-order valence-electron chi connectivity index (χ4n) is 5.43. The Kier molecular flexibility index (Phi) is 10.8. The molecular weight excluding hydrogens is 512 g/mol. The first-order valence-corrected chi connectivity index (χ1v) is 14.8. The molecule has 10 nitrogen and oxygen atoms in total. The maximum absolute atomic E-state index is 13.3. The first-order chi connectivity index (χ1) is 19.2. The molecule has 2 aromatic rings. The molecule has 40 heavy (non-hydrogen) atoms. The van der Waals surface area contributed by atoms with Crippen molar-refractivity contribution in [3.63, 3.8) is 0 Å². The monoisotopic (exact) mass is 558 g/mol. The van der Waals surface area contributed by atoms with Crippen molar-refractivity contribution in [2.24, 2.45) is 5.92 Å². The van der Waals surface area contributed by atoms with E-state index in [0.717, 1.165) is 6.61 Å². The predicted octanol–water partition coefficient (Wildman–Crippen LogP) is 4.37. The van der Waals surface area contributed by atoms with Crippen molar-refractivity contribution in [3.8, 4) is 0 Å². The molecule has 10 heteroatoms. The van der Waals surface area contributed by atoms with Crippen LogP contribution in [0.4, 0.5) is 4.79 Å². The number of oxazole rings is 1. The van der Waals surface area contributed by atoms with Crippen LogP contribution >= 0.6 is 0 Å². The standard InChI is InChI=1S/C30H46N4O6/c1-30(2,3)40-29(37)31-16-10-9-14-23(26(35)28-34-22-13-7-8-15-25(22)39-28)33-27(36)24-17-21(18-32-24)38-19-20-11-5-4-6-12-20/h7-8,13,15,20-21,23-24,26,32,35H,4-6,9-12,14,16-19H2,1-3H3,(H,31,37)(H,33,36)/t21-,23+,24+,26?/m1/s1. The van der Waals surface area contributed by atoms with Gasteiger partial charge in [0.05, 0.1) is 18.2 Å². The predicted molar refractivity (Wildman–Crippen MR) is 152 cm³/mol. The van der Waals surface area contributed by atoms with Gasteiger partial charge in [-0.2, -0.15) is 0 Å². The summed E-state index contributed by atoms with van der Waals surface area (Å²) in [5, 5.41) is 20.3. The van der Waals surface area contributed by atoms with E-state index in [0.29, 0.717) is 55.8 Å². The second-order valence-corrected chi connectivity index (χ2v) is 12.2. The molecule has 1 aliphatic heterocycles. The molecule has 0 spiro atoms. The van der Waals surface area contributed by atoms with Crippen molar-refractivity contribution < 1.29 is 28.6 Å². The van der Waals surface area contributed by atoms with Gasteiger partial charge in [-0.25, -0.2) is 9.78 Å². The highest BCUT2D eigenvalue weighted by molar-refractivity contribution is 5.82. The van der Waals surface area contributed by atoms with E-state index in [1.54, 1.807) is 6.07 Å². The summed E-state index contributed by atoms with van der Waals surface area (Å²) in [6.07, 6.45) is 7.17. The Morgan fingerprint density at radius 2 is 1.95 bits per heavy atom. The molecule has 1 saturated heterocycles. The number of hydrogen-bond acceptors (Lipinski definition) is 8. The lowest BCUT2D eigenvalue weighted by Gasteiger charge is -2.24. The van der Waals surface area contributed by atoms with E-state index in [1.807, 2.05) is 39.0 Å². The minimum absolute atomic E-state index is 0.0111. The highest BCUT2D eigenvalue weighted by Gasteiger charge is 2.34. The molecule has 1 unspecified atom stereocenters. The Balaban J connectivity index is 1.30. The number of alkyl carbamates (subject to hydrolysis) is 1. The Bertz CT molecular complexity index is 1060. The maximum Gasteiger partial charge on any atom is 0.407 e. The van der Waals surface area contributed by atoms with E-state index in [-0.39, 0.29) is 23.9 Å². The first-order valence-electron chi connectivity index (χ1n) is 14.8. The van der Waals surface area contributed by atoms with Crippen molar-refractivity contribution in [1.29, 1.82) is 0 Å². The SMILES string of the molecule is CC(C)(C)OC(=O)NCCCC[C@H](NC(=O)[C@@H]1C[C@@H](OCC2CCCCC2)CN1)C(O)c1nc2ccccc2o1. The lowest BCUT2D eigenvalue weighted by Crippen LogP contribution is -2.47. The summed E-state index contributed by atoms with van der Waals surface area (Å²) in [4.78, 5) is 29.6. The van der Waals surface area contributed by atoms with Gasteiger partial charge in [0.15, 0.2) is 11.7 Å². The Morgan fingerprint density at radius 1 is 1.18 bits per heavy atom. The molecule has 1 saturated carbocycles. The molecule has 0 bridgehead atoms. The lowest BCUT2D eigenvalue weighted by atomic mass is 9.90. The van der Waals surface area contributed by atoms with Crippen molar-refractivity contribution >= 4 is 23.1 Å². The molecule has 2 heterocycles. The van der Waals surface area contributed by atoms with Crippen LogP contribution in [-0.4, -0.2) is 65.6 Å². The molecule has 1 aromatic carbocycles. The van der Waals surface area contributed by atoms with Gasteiger partial charge < -0.3 is 34.9 Å². The van der Waals surface area contributed by atoms with E-state index in [2.05, 4.69) is 20.9 Å². The van der Waals surface area contributed by atoms with Gasteiger partial charge in [0.25, 0.3) is 0 Å². The molecule has 1 aromatic heterocycles. The number of para-hydroxylation sites is 2. The van der Waals surface area contributed by atoms with Crippen molar-refractivity contribution in [2.75, 3.05) is 19.7 Å². The van der Waals surface area contributed by atoms with E-state index in [4.69, 9.17) is 13.9 Å². The van der Waals surface area contributed by atoms with E-state index in [9.17, 15) is 14.7 Å². The Labute approximate surface area is 237 Å². The highest BCUT2D eigenvalue weighted by atomic mass is 16.6. The van der Waals surface area contributed by atoms with Gasteiger partial charge in [0.1, 0.15) is 11.1 Å². The normalized spacial score (nSPS) is 21.7. The van der Waals surface area contributed by atoms with Crippen LogP contribution in [0.5, 0.6) is 0 Å². The summed E-state index contributed by atoms with van der Waals surface area (Å²) >= 11 is 0. The molecule has 222 valence electrons. The molecule has 2 amide bonds. The number of amides is 2. The second kappa shape index (κ2) is 14.3. The van der Waals surface area contributed by atoms with Crippen LogP contribution < -0.4 is 16.0 Å². The largest absolute Gasteiger partial charge is 0.444 e. The number of unbranched alkanes of at least 4 members (excludes halogenated alkanes) is 1. The number of carbonyl (C=O) groups excluding carboxylic acids is 2. The number of aliphatic hydroxyl groups excluding tert-OH is 1. The number of fused-ring (bicyclic) bond motifs is 1. The van der Waals surface area contributed by atoms with Gasteiger partial charge in [0, 0.05) is 19.7 Å². The third-order valence-corrected chi connectivity index (χ3v) is 7.58. The van der Waals surface area contributed by atoms with Gasteiger partial charge in [-0.3, -0.25) is 4.79 Å². The van der Waals surface area contributed by atoms with Gasteiger partial charge in [-0.05, 0) is 77.3 Å². The number of ether oxygens (including phenoxy) is 2. The Morgan fingerprint density at radius 3 is 2.70 bits per heavy atom. The number of rotatable bonds is 12. The van der Waals surface area contributed by atoms with Crippen LogP contribution in [0.25, 0.3) is 11.1 Å². The van der Waals surface area contributed by atoms with E-state index < -0.39 is 23.8 Å². The van der Waals surface area contributed by atoms with Crippen LogP contribution in [0.15, 0.2) is 28.7 Å². The van der Waals surface area contributed by atoms with Crippen molar-refractivity contribution in [3.05, 3.63) is 30.2 Å². The zero-order chi connectivity index (χ0) is 28.5. The van der Waals surface area contributed by atoms with Crippen molar-refractivity contribution in [2.45, 2.75) is 108 Å². The highest BCUT2D eigenvalue weighted by Crippen LogP contribution is 2.26. The van der Waals surface area contributed by atoms with Crippen LogP contribution in [0.2, 0.25) is 0 Å². The zero-order valence-corrected chi connectivity index (χ0v) is 24.1. The quantitative estimate of drug-likeness (QED) is 0.282. The number of hydrogen-bond donors (Lipinski definition) is 4. The average molecular weight is 559 g/mol. The lowest BCUT2D eigenvalue weighted by molar-refractivity contribution is -0.124. The van der Waals surface area contributed by atoms with Gasteiger partial charge in [0.2, 0.25) is 11.8 Å². The topological polar surface area (TPSA) is 135 Å². The fourth-order valence-corrected chi connectivity index (χ4v) is 5.43. The molecule has 0 radical (unpaired) electrons. The minimum Gasteiger partial charge on any atom is -0.444 e. The van der Waals surface area contributed by atoms with Crippen molar-refractivity contribution in [1.82, 2.24) is 20.9 Å². The second-order valence-electron chi connectivity index (χ2n) is 12.2. The summed E-state index contributed by atoms with van der Waals surface area (Å²) in [5.41, 5.74) is 0.675. The Hall–Kier alpha value is -2.69. The number of aliphatic hydroxyl groups is 1. The number of nitrogens with zero attached hydrogens (tertiary/aromatic N) is 1. The minimum atomic E-state index is -1.12. The van der Waals surface area contributed by atoms with E-state index in [1.165, 1.54) is 32.1 Å². The van der Waals surface area contributed by atoms with Crippen LogP contribution in [0, 0.1) is 5.92 Å². The van der Waals surface area contributed by atoms with Gasteiger partial charge in [-0.1, -0.05) is 31.4 Å². The maximum atomic E-state index is 13.3. The smallest absolute Gasteiger partial charge is 0.407 e. The number of nitrogens with one attached hydrogen (secondary N) is 3. The summed E-state index contributed by atoms with van der Waals surface area (Å²) in [6.45, 7) is 7.28. The van der Waals surface area contributed by atoms with Crippen LogP contribution in [-0.2, 0) is 14.3 Å². The third kappa shape index (κ3) is 9.17. The molecule has 1 aliphatic carbocycles. The average Bonchev–Trinajstić information content (AvgIpc) is 3.58. The molecule has 4 rings (SSSR count). The number of aromatic nitrogens is 1. The molecular formula is C30H46N4O6. The molecule has 4 atom stereocenters. The van der Waals surface area contributed by atoms with Crippen LogP contribution in [0.3, 0.4) is 0 Å². The molecule has 2 aliphatic rings.